The molecule has 0 aliphatic heterocycles. The quantitative estimate of drug-likeness (QED) is 0.537. The number of hydrogen-bond acceptors (Lipinski definition) is 5. The highest BCUT2D eigenvalue weighted by atomic mass is 16.5. The van der Waals surface area contributed by atoms with Gasteiger partial charge in [0.15, 0.2) is 5.65 Å². The first-order valence-corrected chi connectivity index (χ1v) is 8.79. The van der Waals surface area contributed by atoms with Gasteiger partial charge in [0.25, 0.3) is 5.91 Å². The molecule has 0 atom stereocenters. The number of aromatic nitrogens is 4. The van der Waals surface area contributed by atoms with E-state index < -0.39 is 0 Å². The minimum absolute atomic E-state index is 0.169. The lowest BCUT2D eigenvalue weighted by Gasteiger charge is -2.17. The van der Waals surface area contributed by atoms with E-state index in [1.807, 2.05) is 41.1 Å². The Labute approximate surface area is 162 Å². The van der Waals surface area contributed by atoms with Gasteiger partial charge in [0.2, 0.25) is 5.88 Å². The Morgan fingerprint density at radius 3 is 2.61 bits per heavy atom. The average molecular weight is 373 g/mol. The fraction of sp³-hybridized carbons (Fsp3) is 0.143. The number of hydrogen-bond donors (Lipinski definition) is 0. The van der Waals surface area contributed by atoms with Gasteiger partial charge in [-0.05, 0) is 17.7 Å². The molecule has 0 N–H and O–H groups in total. The summed E-state index contributed by atoms with van der Waals surface area (Å²) in [6.07, 6.45) is 4.92. The molecule has 140 valence electrons. The lowest BCUT2D eigenvalue weighted by molar-refractivity contribution is 0.0992. The van der Waals surface area contributed by atoms with E-state index in [2.05, 4.69) is 15.1 Å². The molecule has 3 aromatic heterocycles. The van der Waals surface area contributed by atoms with Gasteiger partial charge in [0, 0.05) is 24.7 Å². The summed E-state index contributed by atoms with van der Waals surface area (Å²) in [5.41, 5.74) is 3.05. The molecular weight excluding hydrogens is 354 g/mol. The summed E-state index contributed by atoms with van der Waals surface area (Å²) in [6, 6.07) is 15.4. The number of carbonyl (C=O) groups excluding carboxylic acids is 1. The second-order valence-corrected chi connectivity index (χ2v) is 6.35. The molecule has 0 radical (unpaired) electrons. The second-order valence-electron chi connectivity index (χ2n) is 6.35. The van der Waals surface area contributed by atoms with Crippen LogP contribution in [0.5, 0.6) is 5.88 Å². The molecule has 1 aromatic carbocycles. The van der Waals surface area contributed by atoms with Crippen LogP contribution in [0.2, 0.25) is 0 Å². The Bertz CT molecular complexity index is 1110. The molecular formula is C21H19N5O2. The van der Waals surface area contributed by atoms with E-state index in [1.54, 1.807) is 44.9 Å². The van der Waals surface area contributed by atoms with Crippen molar-refractivity contribution in [3.05, 3.63) is 78.2 Å². The standard InChI is InChI=1S/C21H19N5O2/c1-25(18-8-9-19(28-2)22-13-18)21(27)17-10-16-12-24-26(20(16)23-11-17)14-15-6-4-3-5-7-15/h3-13H,14H2,1-2H3. The van der Waals surface area contributed by atoms with E-state index >= 15 is 0 Å². The number of anilines is 1. The Kier molecular flexibility index (Phi) is 4.72. The third-order valence-electron chi connectivity index (χ3n) is 4.52. The van der Waals surface area contributed by atoms with Gasteiger partial charge < -0.3 is 9.64 Å². The molecule has 1 amide bonds. The smallest absolute Gasteiger partial charge is 0.259 e. The van der Waals surface area contributed by atoms with Gasteiger partial charge in [-0.2, -0.15) is 5.10 Å². The van der Waals surface area contributed by atoms with Crippen LogP contribution in [0.4, 0.5) is 5.69 Å². The van der Waals surface area contributed by atoms with Gasteiger partial charge in [-0.25, -0.2) is 14.6 Å². The maximum atomic E-state index is 12.8. The van der Waals surface area contributed by atoms with Gasteiger partial charge in [0.05, 0.1) is 37.3 Å². The Morgan fingerprint density at radius 2 is 1.89 bits per heavy atom. The zero-order valence-electron chi connectivity index (χ0n) is 15.6. The van der Waals surface area contributed by atoms with Crippen molar-refractivity contribution < 1.29 is 9.53 Å². The number of amides is 1. The second kappa shape index (κ2) is 7.48. The number of carbonyl (C=O) groups is 1. The molecule has 4 rings (SSSR count). The molecule has 0 aliphatic carbocycles. The minimum atomic E-state index is -0.169. The van der Waals surface area contributed by atoms with Crippen LogP contribution in [0.15, 0.2) is 67.1 Å². The van der Waals surface area contributed by atoms with E-state index in [1.165, 1.54) is 4.90 Å². The molecule has 0 bridgehead atoms. The molecule has 3 heterocycles. The minimum Gasteiger partial charge on any atom is -0.481 e. The largest absolute Gasteiger partial charge is 0.481 e. The average Bonchev–Trinajstić information content (AvgIpc) is 3.15. The van der Waals surface area contributed by atoms with Gasteiger partial charge in [0.1, 0.15) is 0 Å². The van der Waals surface area contributed by atoms with Gasteiger partial charge in [-0.3, -0.25) is 4.79 Å². The third kappa shape index (κ3) is 3.42. The predicted octanol–water partition coefficient (Wildman–Crippen LogP) is 3.16. The van der Waals surface area contributed by atoms with Crippen LogP contribution < -0.4 is 9.64 Å². The number of ether oxygens (including phenoxy) is 1. The van der Waals surface area contributed by atoms with Crippen molar-refractivity contribution in [2.24, 2.45) is 0 Å². The molecule has 0 unspecified atom stereocenters. The maximum absolute atomic E-state index is 12.8. The zero-order valence-corrected chi connectivity index (χ0v) is 15.6. The first-order valence-electron chi connectivity index (χ1n) is 8.79. The van der Waals surface area contributed by atoms with Crippen LogP contribution in [-0.2, 0) is 6.54 Å². The molecule has 0 saturated heterocycles. The summed E-state index contributed by atoms with van der Waals surface area (Å²) < 4.78 is 6.88. The lowest BCUT2D eigenvalue weighted by atomic mass is 10.2. The number of nitrogens with zero attached hydrogens (tertiary/aromatic N) is 5. The summed E-state index contributed by atoms with van der Waals surface area (Å²) in [5.74, 6) is 0.329. The Hall–Kier alpha value is -3.74. The molecule has 0 saturated carbocycles. The van der Waals surface area contributed by atoms with E-state index in [0.717, 1.165) is 16.6 Å². The van der Waals surface area contributed by atoms with Gasteiger partial charge in [-0.1, -0.05) is 30.3 Å². The summed E-state index contributed by atoms with van der Waals surface area (Å²) in [6.45, 7) is 0.627. The summed E-state index contributed by atoms with van der Waals surface area (Å²) in [7, 11) is 3.25. The monoisotopic (exact) mass is 373 g/mol. The highest BCUT2D eigenvalue weighted by Gasteiger charge is 2.16. The normalized spacial score (nSPS) is 10.8. The zero-order chi connectivity index (χ0) is 19.5. The first-order chi connectivity index (χ1) is 13.7. The van der Waals surface area contributed by atoms with Crippen molar-refractivity contribution in [1.82, 2.24) is 19.7 Å². The van der Waals surface area contributed by atoms with E-state index in [4.69, 9.17) is 4.74 Å². The van der Waals surface area contributed by atoms with Crippen LogP contribution in [0.25, 0.3) is 11.0 Å². The molecule has 0 aliphatic rings. The number of methoxy groups -OCH3 is 1. The van der Waals surface area contributed by atoms with Crippen LogP contribution >= 0.6 is 0 Å². The lowest BCUT2D eigenvalue weighted by Crippen LogP contribution is -2.26. The SMILES string of the molecule is COc1ccc(N(C)C(=O)c2cnc3c(cnn3Cc3ccccc3)c2)cn1. The van der Waals surface area contributed by atoms with Gasteiger partial charge in [-0.15, -0.1) is 0 Å². The number of benzene rings is 1. The summed E-state index contributed by atoms with van der Waals surface area (Å²) in [4.78, 5) is 23.0. The molecule has 7 heteroatoms. The third-order valence-corrected chi connectivity index (χ3v) is 4.52. The fourth-order valence-corrected chi connectivity index (χ4v) is 2.96. The van der Waals surface area contributed by atoms with Crippen LogP contribution in [0, 0.1) is 0 Å². The molecule has 4 aromatic rings. The van der Waals surface area contributed by atoms with Crippen LogP contribution in [0.1, 0.15) is 15.9 Å². The Morgan fingerprint density at radius 1 is 1.07 bits per heavy atom. The van der Waals surface area contributed by atoms with Crippen molar-refractivity contribution in [2.75, 3.05) is 19.1 Å². The van der Waals surface area contributed by atoms with Crippen molar-refractivity contribution in [3.63, 3.8) is 0 Å². The van der Waals surface area contributed by atoms with Crippen LogP contribution in [-0.4, -0.2) is 39.8 Å². The number of rotatable bonds is 5. The van der Waals surface area contributed by atoms with E-state index in [0.29, 0.717) is 23.7 Å². The van der Waals surface area contributed by atoms with Gasteiger partial charge >= 0.3 is 0 Å². The summed E-state index contributed by atoms with van der Waals surface area (Å²) in [5, 5.41) is 5.24. The first kappa shape index (κ1) is 17.7. The highest BCUT2D eigenvalue weighted by Crippen LogP contribution is 2.19. The highest BCUT2D eigenvalue weighted by molar-refractivity contribution is 6.06. The predicted molar refractivity (Wildman–Crippen MR) is 107 cm³/mol. The van der Waals surface area contributed by atoms with Crippen molar-refractivity contribution in [1.29, 1.82) is 0 Å². The Balaban J connectivity index is 1.58. The number of fused-ring (bicyclic) bond motifs is 1. The van der Waals surface area contributed by atoms with E-state index in [-0.39, 0.29) is 5.91 Å². The summed E-state index contributed by atoms with van der Waals surface area (Å²) >= 11 is 0. The molecule has 7 nitrogen and oxygen atoms in total. The van der Waals surface area contributed by atoms with Crippen molar-refractivity contribution in [3.8, 4) is 5.88 Å². The number of pyridine rings is 2. The van der Waals surface area contributed by atoms with E-state index in [9.17, 15) is 4.79 Å². The maximum Gasteiger partial charge on any atom is 0.259 e. The van der Waals surface area contributed by atoms with Crippen molar-refractivity contribution in [2.45, 2.75) is 6.54 Å². The van der Waals surface area contributed by atoms with Crippen LogP contribution in [0.3, 0.4) is 0 Å². The topological polar surface area (TPSA) is 73.1 Å². The molecule has 0 fully saturated rings. The van der Waals surface area contributed by atoms with Crippen molar-refractivity contribution >= 4 is 22.6 Å². The fourth-order valence-electron chi connectivity index (χ4n) is 2.96. The molecule has 0 spiro atoms. The molecule has 28 heavy (non-hydrogen) atoms.